The van der Waals surface area contributed by atoms with Crippen molar-refractivity contribution < 1.29 is 9.53 Å². The Morgan fingerprint density at radius 2 is 1.82 bits per heavy atom. The van der Waals surface area contributed by atoms with Gasteiger partial charge in [0, 0.05) is 11.3 Å². The Kier molecular flexibility index (Phi) is 4.78. The SMILES string of the molecule is COc1c(Cl)cc(C(=O)NN=C(C)C)cc1Cl. The highest BCUT2D eigenvalue weighted by Gasteiger charge is 2.12. The number of rotatable bonds is 3. The van der Waals surface area contributed by atoms with Crippen molar-refractivity contribution in [2.24, 2.45) is 5.10 Å². The molecule has 92 valence electrons. The first kappa shape index (κ1) is 13.8. The summed E-state index contributed by atoms with van der Waals surface area (Å²) < 4.78 is 4.99. The Balaban J connectivity index is 3.00. The first-order valence-corrected chi connectivity index (χ1v) is 5.55. The third kappa shape index (κ3) is 3.61. The van der Waals surface area contributed by atoms with Gasteiger partial charge in [0.2, 0.25) is 0 Å². The van der Waals surface area contributed by atoms with Crippen molar-refractivity contribution >= 4 is 34.8 Å². The second-order valence-corrected chi connectivity index (χ2v) is 4.29. The summed E-state index contributed by atoms with van der Waals surface area (Å²) in [5.41, 5.74) is 3.45. The molecule has 0 aliphatic carbocycles. The van der Waals surface area contributed by atoms with Gasteiger partial charge in [-0.25, -0.2) is 5.43 Å². The molecule has 0 atom stereocenters. The fourth-order valence-electron chi connectivity index (χ4n) is 1.11. The molecule has 0 bridgehead atoms. The molecule has 0 aliphatic rings. The second-order valence-electron chi connectivity index (χ2n) is 3.47. The number of methoxy groups -OCH3 is 1. The molecule has 17 heavy (non-hydrogen) atoms. The van der Waals surface area contributed by atoms with E-state index in [2.05, 4.69) is 10.5 Å². The monoisotopic (exact) mass is 274 g/mol. The lowest BCUT2D eigenvalue weighted by molar-refractivity contribution is 0.0954. The van der Waals surface area contributed by atoms with Crippen LogP contribution >= 0.6 is 23.2 Å². The maximum atomic E-state index is 11.7. The van der Waals surface area contributed by atoms with E-state index >= 15 is 0 Å². The minimum Gasteiger partial charge on any atom is -0.494 e. The third-order valence-corrected chi connectivity index (χ3v) is 2.41. The van der Waals surface area contributed by atoms with Gasteiger partial charge in [0.05, 0.1) is 17.2 Å². The Bertz CT molecular complexity index is 446. The van der Waals surface area contributed by atoms with Crippen LogP contribution in [0.15, 0.2) is 17.2 Å². The molecular formula is C11H12Cl2N2O2. The van der Waals surface area contributed by atoms with Gasteiger partial charge in [-0.1, -0.05) is 23.2 Å². The largest absolute Gasteiger partial charge is 0.494 e. The average molecular weight is 275 g/mol. The van der Waals surface area contributed by atoms with Crippen LogP contribution in [0.1, 0.15) is 24.2 Å². The Morgan fingerprint density at radius 1 is 1.29 bits per heavy atom. The van der Waals surface area contributed by atoms with Crippen LogP contribution in [0.3, 0.4) is 0 Å². The molecule has 0 spiro atoms. The summed E-state index contributed by atoms with van der Waals surface area (Å²) in [5.74, 6) is -0.0299. The van der Waals surface area contributed by atoms with E-state index in [4.69, 9.17) is 27.9 Å². The van der Waals surface area contributed by atoms with Crippen molar-refractivity contribution in [2.75, 3.05) is 7.11 Å². The van der Waals surface area contributed by atoms with Crippen molar-refractivity contribution in [1.29, 1.82) is 0 Å². The molecule has 0 saturated heterocycles. The normalized spacial score (nSPS) is 9.71. The predicted octanol–water partition coefficient (Wildman–Crippen LogP) is 3.13. The van der Waals surface area contributed by atoms with Gasteiger partial charge in [-0.3, -0.25) is 4.79 Å². The van der Waals surface area contributed by atoms with E-state index in [0.717, 1.165) is 5.71 Å². The van der Waals surface area contributed by atoms with Crippen molar-refractivity contribution in [1.82, 2.24) is 5.43 Å². The second kappa shape index (κ2) is 5.89. The van der Waals surface area contributed by atoms with Crippen molar-refractivity contribution in [3.05, 3.63) is 27.7 Å². The maximum absolute atomic E-state index is 11.7. The van der Waals surface area contributed by atoms with Gasteiger partial charge >= 0.3 is 0 Å². The van der Waals surface area contributed by atoms with E-state index in [-0.39, 0.29) is 16.0 Å². The molecule has 1 N–H and O–H groups in total. The van der Waals surface area contributed by atoms with E-state index in [0.29, 0.717) is 11.3 Å². The lowest BCUT2D eigenvalue weighted by Gasteiger charge is -2.07. The van der Waals surface area contributed by atoms with E-state index in [9.17, 15) is 4.79 Å². The van der Waals surface area contributed by atoms with E-state index < -0.39 is 0 Å². The standard InChI is InChI=1S/C11H12Cl2N2O2/c1-6(2)14-15-11(16)7-4-8(12)10(17-3)9(13)5-7/h4-5H,1-3H3,(H,15,16). The molecule has 0 aliphatic heterocycles. The molecule has 0 aromatic heterocycles. The molecule has 0 fully saturated rings. The molecule has 4 nitrogen and oxygen atoms in total. The molecule has 0 heterocycles. The minimum atomic E-state index is -0.377. The summed E-state index contributed by atoms with van der Waals surface area (Å²) in [4.78, 5) is 11.7. The van der Waals surface area contributed by atoms with Crippen molar-refractivity contribution in [3.63, 3.8) is 0 Å². The Hall–Kier alpha value is -1.26. The number of ether oxygens (including phenoxy) is 1. The zero-order chi connectivity index (χ0) is 13.0. The first-order valence-electron chi connectivity index (χ1n) is 4.80. The fourth-order valence-corrected chi connectivity index (χ4v) is 1.75. The minimum absolute atomic E-state index is 0.280. The number of carbonyl (C=O) groups is 1. The number of benzene rings is 1. The van der Waals surface area contributed by atoms with Crippen LogP contribution in [0.5, 0.6) is 5.75 Å². The van der Waals surface area contributed by atoms with Crippen LogP contribution < -0.4 is 10.2 Å². The number of hydrogen-bond acceptors (Lipinski definition) is 3. The highest BCUT2D eigenvalue weighted by Crippen LogP contribution is 2.33. The maximum Gasteiger partial charge on any atom is 0.271 e. The molecule has 1 amide bonds. The number of hydrogen-bond donors (Lipinski definition) is 1. The lowest BCUT2D eigenvalue weighted by Crippen LogP contribution is -2.18. The Labute approximate surface area is 110 Å². The summed E-state index contributed by atoms with van der Waals surface area (Å²) in [7, 11) is 1.46. The van der Waals surface area contributed by atoms with Gasteiger partial charge in [-0.2, -0.15) is 5.10 Å². The number of nitrogens with zero attached hydrogens (tertiary/aromatic N) is 1. The summed E-state index contributed by atoms with van der Waals surface area (Å²) in [6, 6.07) is 2.95. The van der Waals surface area contributed by atoms with Crippen molar-refractivity contribution in [3.8, 4) is 5.75 Å². The summed E-state index contributed by atoms with van der Waals surface area (Å²) in [6.45, 7) is 3.54. The van der Waals surface area contributed by atoms with Gasteiger partial charge < -0.3 is 4.74 Å². The predicted molar refractivity (Wildman–Crippen MR) is 69.3 cm³/mol. The molecule has 1 rings (SSSR count). The topological polar surface area (TPSA) is 50.7 Å². The zero-order valence-corrected chi connectivity index (χ0v) is 11.2. The summed E-state index contributed by atoms with van der Waals surface area (Å²) in [6.07, 6.45) is 0. The smallest absolute Gasteiger partial charge is 0.271 e. The van der Waals surface area contributed by atoms with Crippen LogP contribution in [0.4, 0.5) is 0 Å². The molecule has 6 heteroatoms. The summed E-state index contributed by atoms with van der Waals surface area (Å²) >= 11 is 11.8. The van der Waals surface area contributed by atoms with Gasteiger partial charge in [-0.05, 0) is 26.0 Å². The van der Waals surface area contributed by atoms with Gasteiger partial charge in [-0.15, -0.1) is 0 Å². The summed E-state index contributed by atoms with van der Waals surface area (Å²) in [5, 5.41) is 4.36. The van der Waals surface area contributed by atoms with E-state index in [1.165, 1.54) is 19.2 Å². The highest BCUT2D eigenvalue weighted by atomic mass is 35.5. The number of amides is 1. The molecule has 0 unspecified atom stereocenters. The quantitative estimate of drug-likeness (QED) is 0.680. The lowest BCUT2D eigenvalue weighted by atomic mass is 10.2. The van der Waals surface area contributed by atoms with E-state index in [1.54, 1.807) is 13.8 Å². The number of nitrogens with one attached hydrogen (secondary N) is 1. The fraction of sp³-hybridized carbons (Fsp3) is 0.273. The first-order chi connectivity index (χ1) is 7.95. The van der Waals surface area contributed by atoms with E-state index in [1.807, 2.05) is 0 Å². The zero-order valence-electron chi connectivity index (χ0n) is 9.67. The highest BCUT2D eigenvalue weighted by molar-refractivity contribution is 6.37. The van der Waals surface area contributed by atoms with Crippen molar-refractivity contribution in [2.45, 2.75) is 13.8 Å². The average Bonchev–Trinajstić information content (AvgIpc) is 2.25. The molecule has 1 aromatic rings. The van der Waals surface area contributed by atoms with Gasteiger partial charge in [0.25, 0.3) is 5.91 Å². The molecular weight excluding hydrogens is 263 g/mol. The number of carbonyl (C=O) groups excluding carboxylic acids is 1. The third-order valence-electron chi connectivity index (χ3n) is 1.85. The molecule has 1 aromatic carbocycles. The molecule has 0 saturated carbocycles. The van der Waals surface area contributed by atoms with Crippen LogP contribution in [0, 0.1) is 0 Å². The van der Waals surface area contributed by atoms with Crippen LogP contribution in [0.25, 0.3) is 0 Å². The van der Waals surface area contributed by atoms with Crippen LogP contribution in [-0.4, -0.2) is 18.7 Å². The Morgan fingerprint density at radius 3 is 2.24 bits per heavy atom. The van der Waals surface area contributed by atoms with Gasteiger partial charge in [0.1, 0.15) is 0 Å². The number of hydrazone groups is 1. The van der Waals surface area contributed by atoms with Gasteiger partial charge in [0.15, 0.2) is 5.75 Å². The number of halogens is 2. The van der Waals surface area contributed by atoms with Crippen LogP contribution in [-0.2, 0) is 0 Å². The van der Waals surface area contributed by atoms with Crippen LogP contribution in [0.2, 0.25) is 10.0 Å². The molecule has 0 radical (unpaired) electrons.